The fraction of sp³-hybridized carbons (Fsp3) is 0.435. The van der Waals surface area contributed by atoms with Gasteiger partial charge in [0, 0.05) is 17.4 Å². The van der Waals surface area contributed by atoms with Crippen LogP contribution in [0.1, 0.15) is 57.2 Å². The fourth-order valence-corrected chi connectivity index (χ4v) is 6.74. The third kappa shape index (κ3) is 3.10. The Labute approximate surface area is 191 Å². The van der Waals surface area contributed by atoms with Crippen molar-refractivity contribution < 1.29 is 13.5 Å². The van der Waals surface area contributed by atoms with Crippen molar-refractivity contribution in [2.24, 2.45) is 5.92 Å². The Morgan fingerprint density at radius 2 is 2.03 bits per heavy atom. The summed E-state index contributed by atoms with van der Waals surface area (Å²) in [5.41, 5.74) is 1.16. The molecule has 3 heterocycles. The minimum absolute atomic E-state index is 0.109. The van der Waals surface area contributed by atoms with E-state index in [4.69, 9.17) is 5.10 Å². The number of rotatable bonds is 3. The Kier molecular flexibility index (Phi) is 4.88. The van der Waals surface area contributed by atoms with E-state index in [2.05, 4.69) is 16.4 Å². The standard InChI is InChI=1S/C23H25N5O4S/c1-23(2)20(29)15-11-14(7-8-18(15)33(23,31)32)26-21-19-17(9-10-25-22(19)30)28(27-21)16-6-4-3-5-13(16)12-24/h7-11,13,16,20,29H,3-6H2,1-2H3,(H,25,30)(H,26,27). The lowest BCUT2D eigenvalue weighted by Crippen LogP contribution is -2.32. The molecule has 1 aromatic carbocycles. The molecule has 1 aliphatic heterocycles. The van der Waals surface area contributed by atoms with E-state index < -0.39 is 20.7 Å². The Morgan fingerprint density at radius 1 is 1.27 bits per heavy atom. The van der Waals surface area contributed by atoms with Crippen molar-refractivity contribution in [2.75, 3.05) is 5.32 Å². The molecule has 1 aliphatic carbocycles. The van der Waals surface area contributed by atoms with Gasteiger partial charge in [-0.05, 0) is 51.0 Å². The number of hydrogen-bond donors (Lipinski definition) is 3. The number of hydrogen-bond acceptors (Lipinski definition) is 7. The maximum absolute atomic E-state index is 12.8. The van der Waals surface area contributed by atoms with E-state index in [0.717, 1.165) is 25.7 Å². The molecule has 2 aliphatic rings. The van der Waals surface area contributed by atoms with Crippen LogP contribution in [0.4, 0.5) is 11.5 Å². The highest BCUT2D eigenvalue weighted by atomic mass is 32.2. The molecular formula is C23H25N5O4S. The monoisotopic (exact) mass is 467 g/mol. The van der Waals surface area contributed by atoms with Gasteiger partial charge in [0.25, 0.3) is 5.56 Å². The van der Waals surface area contributed by atoms with Gasteiger partial charge in [-0.15, -0.1) is 0 Å². The van der Waals surface area contributed by atoms with E-state index in [1.54, 1.807) is 29.1 Å². The molecule has 3 unspecified atom stereocenters. The molecule has 3 atom stereocenters. The highest BCUT2D eigenvalue weighted by Crippen LogP contribution is 2.47. The molecule has 0 amide bonds. The zero-order chi connectivity index (χ0) is 23.5. The summed E-state index contributed by atoms with van der Waals surface area (Å²) in [5.74, 6) is 0.139. The zero-order valence-electron chi connectivity index (χ0n) is 18.4. The highest BCUT2D eigenvalue weighted by Gasteiger charge is 2.51. The zero-order valence-corrected chi connectivity index (χ0v) is 19.2. The van der Waals surface area contributed by atoms with Gasteiger partial charge in [0.15, 0.2) is 15.7 Å². The normalized spacial score (nSPS) is 25.5. The Morgan fingerprint density at radius 3 is 2.79 bits per heavy atom. The van der Waals surface area contributed by atoms with Crippen LogP contribution in [-0.2, 0) is 9.84 Å². The van der Waals surface area contributed by atoms with Crippen LogP contribution in [0.15, 0.2) is 40.2 Å². The first-order valence-corrected chi connectivity index (χ1v) is 12.5. The lowest BCUT2D eigenvalue weighted by atomic mass is 9.85. The molecule has 0 radical (unpaired) electrons. The predicted molar refractivity (Wildman–Crippen MR) is 123 cm³/mol. The summed E-state index contributed by atoms with van der Waals surface area (Å²) in [7, 11) is -3.67. The van der Waals surface area contributed by atoms with Crippen molar-refractivity contribution >= 4 is 32.2 Å². The van der Waals surface area contributed by atoms with Crippen molar-refractivity contribution in [2.45, 2.75) is 61.3 Å². The summed E-state index contributed by atoms with van der Waals surface area (Å²) in [6.45, 7) is 3.01. The first-order chi connectivity index (χ1) is 15.7. The van der Waals surface area contributed by atoms with E-state index in [0.29, 0.717) is 28.0 Å². The average Bonchev–Trinajstić information content (AvgIpc) is 3.22. The number of aromatic amines is 1. The molecule has 5 rings (SSSR count). The van der Waals surface area contributed by atoms with Crippen molar-refractivity contribution in [1.82, 2.24) is 14.8 Å². The largest absolute Gasteiger partial charge is 0.387 e. The van der Waals surface area contributed by atoms with Gasteiger partial charge >= 0.3 is 0 Å². The second-order valence-electron chi connectivity index (χ2n) is 9.33. The van der Waals surface area contributed by atoms with Crippen molar-refractivity contribution in [3.63, 3.8) is 0 Å². The Bertz CT molecular complexity index is 1460. The second kappa shape index (κ2) is 7.43. The number of fused-ring (bicyclic) bond motifs is 2. The molecule has 0 spiro atoms. The van der Waals surface area contributed by atoms with Gasteiger partial charge in [0.05, 0.1) is 34.5 Å². The smallest absolute Gasteiger partial charge is 0.261 e. The second-order valence-corrected chi connectivity index (χ2v) is 11.8. The van der Waals surface area contributed by atoms with Crippen LogP contribution < -0.4 is 10.9 Å². The SMILES string of the molecule is CC1(C)C(O)c2cc(Nc3nn(C4CCCCC4C#N)c4cc[nH]c(=O)c34)ccc2S1(=O)=O. The first kappa shape index (κ1) is 21.7. The summed E-state index contributed by atoms with van der Waals surface area (Å²) in [5, 5.41) is 28.5. The van der Waals surface area contributed by atoms with Gasteiger partial charge in [0.1, 0.15) is 10.1 Å². The van der Waals surface area contributed by atoms with Gasteiger partial charge in [-0.3, -0.25) is 9.48 Å². The van der Waals surface area contributed by atoms with Crippen molar-refractivity contribution in [1.29, 1.82) is 5.26 Å². The molecule has 172 valence electrons. The number of aliphatic hydroxyl groups is 1. The number of nitrogens with one attached hydrogen (secondary N) is 2. The molecule has 2 aromatic heterocycles. The summed E-state index contributed by atoms with van der Waals surface area (Å²) < 4.78 is 26.0. The van der Waals surface area contributed by atoms with E-state index >= 15 is 0 Å². The number of nitrogens with zero attached hydrogens (tertiary/aromatic N) is 3. The Hall–Kier alpha value is -3.16. The minimum Gasteiger partial charge on any atom is -0.387 e. The lowest BCUT2D eigenvalue weighted by molar-refractivity contribution is 0.144. The molecular weight excluding hydrogens is 442 g/mol. The minimum atomic E-state index is -3.67. The van der Waals surface area contributed by atoms with Crippen LogP contribution in [0.5, 0.6) is 0 Å². The van der Waals surface area contributed by atoms with E-state index in [1.807, 2.05) is 0 Å². The first-order valence-electron chi connectivity index (χ1n) is 11.0. The van der Waals surface area contributed by atoms with Gasteiger partial charge in [0.2, 0.25) is 0 Å². The number of benzene rings is 1. The fourth-order valence-electron chi connectivity index (χ4n) is 5.02. The van der Waals surface area contributed by atoms with Crippen molar-refractivity contribution in [3.8, 4) is 6.07 Å². The number of sulfone groups is 1. The number of anilines is 2. The van der Waals surface area contributed by atoms with Crippen LogP contribution in [0.25, 0.3) is 10.9 Å². The van der Waals surface area contributed by atoms with Gasteiger partial charge < -0.3 is 15.4 Å². The number of pyridine rings is 1. The van der Waals surface area contributed by atoms with E-state index in [1.165, 1.54) is 19.9 Å². The lowest BCUT2D eigenvalue weighted by Gasteiger charge is -2.27. The molecule has 0 saturated heterocycles. The van der Waals surface area contributed by atoms with Crippen LogP contribution in [0.2, 0.25) is 0 Å². The summed E-state index contributed by atoms with van der Waals surface area (Å²) in [4.78, 5) is 15.5. The summed E-state index contributed by atoms with van der Waals surface area (Å²) in [6, 6.07) is 8.70. The van der Waals surface area contributed by atoms with Crippen LogP contribution in [-0.4, -0.2) is 33.0 Å². The quantitative estimate of drug-likeness (QED) is 0.536. The van der Waals surface area contributed by atoms with Crippen LogP contribution >= 0.6 is 0 Å². The molecule has 10 heteroatoms. The number of nitriles is 1. The third-order valence-electron chi connectivity index (χ3n) is 7.05. The van der Waals surface area contributed by atoms with Gasteiger partial charge in [-0.25, -0.2) is 8.42 Å². The maximum atomic E-state index is 12.8. The third-order valence-corrected chi connectivity index (χ3v) is 9.61. The topological polar surface area (TPSA) is 141 Å². The average molecular weight is 468 g/mol. The molecule has 3 aromatic rings. The van der Waals surface area contributed by atoms with Crippen molar-refractivity contribution in [3.05, 3.63) is 46.4 Å². The summed E-state index contributed by atoms with van der Waals surface area (Å²) >= 11 is 0. The predicted octanol–water partition coefficient (Wildman–Crippen LogP) is 3.32. The van der Waals surface area contributed by atoms with Gasteiger partial charge in [-0.1, -0.05) is 12.8 Å². The molecule has 3 N–H and O–H groups in total. The maximum Gasteiger partial charge on any atom is 0.261 e. The number of H-pyrrole nitrogens is 1. The molecule has 1 fully saturated rings. The number of aliphatic hydroxyl groups excluding tert-OH is 1. The molecule has 9 nitrogen and oxygen atoms in total. The summed E-state index contributed by atoms with van der Waals surface area (Å²) in [6.07, 6.45) is 3.98. The number of aromatic nitrogens is 3. The van der Waals surface area contributed by atoms with E-state index in [9.17, 15) is 23.6 Å². The van der Waals surface area contributed by atoms with Crippen LogP contribution in [0.3, 0.4) is 0 Å². The molecule has 0 bridgehead atoms. The Balaban J connectivity index is 1.60. The molecule has 33 heavy (non-hydrogen) atoms. The van der Waals surface area contributed by atoms with Gasteiger partial charge in [-0.2, -0.15) is 10.4 Å². The highest BCUT2D eigenvalue weighted by molar-refractivity contribution is 7.93. The van der Waals surface area contributed by atoms with Crippen LogP contribution in [0, 0.1) is 17.2 Å². The molecule has 1 saturated carbocycles. The van der Waals surface area contributed by atoms with E-state index in [-0.39, 0.29) is 22.4 Å².